The predicted molar refractivity (Wildman–Crippen MR) is 68.0 cm³/mol. The summed E-state index contributed by atoms with van der Waals surface area (Å²) in [5, 5.41) is 13.3. The molecule has 94 valence electrons. The molecule has 1 amide bonds. The van der Waals surface area contributed by atoms with Crippen molar-refractivity contribution in [3.8, 4) is 12.3 Å². The van der Waals surface area contributed by atoms with Gasteiger partial charge in [0.05, 0.1) is 10.8 Å². The summed E-state index contributed by atoms with van der Waals surface area (Å²) in [5.74, 6) is 1.79. The molecule has 5 nitrogen and oxygen atoms in total. The van der Waals surface area contributed by atoms with E-state index in [4.69, 9.17) is 6.42 Å². The average Bonchev–Trinajstić information content (AvgIpc) is 2.38. The molecule has 0 aliphatic heterocycles. The summed E-state index contributed by atoms with van der Waals surface area (Å²) in [5.41, 5.74) is 0.596. The Morgan fingerprint density at radius 2 is 2.33 bits per heavy atom. The van der Waals surface area contributed by atoms with E-state index in [0.29, 0.717) is 18.5 Å². The average molecular weight is 246 g/mol. The fourth-order valence-corrected chi connectivity index (χ4v) is 1.47. The second kappa shape index (κ2) is 6.40. The molecule has 18 heavy (non-hydrogen) atoms. The van der Waals surface area contributed by atoms with Crippen LogP contribution in [-0.2, 0) is 4.79 Å². The summed E-state index contributed by atoms with van der Waals surface area (Å²) < 4.78 is 0. The van der Waals surface area contributed by atoms with Crippen LogP contribution in [0.25, 0.3) is 0 Å². The van der Waals surface area contributed by atoms with E-state index in [-0.39, 0.29) is 11.6 Å². The molecule has 5 heteroatoms. The highest BCUT2D eigenvalue weighted by atomic mass is 16.6. The first kappa shape index (κ1) is 13.7. The number of nitro groups is 1. The van der Waals surface area contributed by atoms with E-state index in [0.717, 1.165) is 0 Å². The number of hydrogen-bond donors (Lipinski definition) is 1. The summed E-state index contributed by atoms with van der Waals surface area (Å²) in [7, 11) is 0. The van der Waals surface area contributed by atoms with Gasteiger partial charge in [-0.25, -0.2) is 0 Å². The van der Waals surface area contributed by atoms with Crippen LogP contribution in [0.2, 0.25) is 0 Å². The first-order chi connectivity index (χ1) is 8.56. The number of amides is 1. The third-order valence-corrected chi connectivity index (χ3v) is 2.54. The molecule has 0 heterocycles. The molecule has 1 aromatic carbocycles. The monoisotopic (exact) mass is 246 g/mol. The van der Waals surface area contributed by atoms with E-state index < -0.39 is 10.8 Å². The van der Waals surface area contributed by atoms with Crippen molar-refractivity contribution in [3.63, 3.8) is 0 Å². The topological polar surface area (TPSA) is 72.2 Å². The summed E-state index contributed by atoms with van der Waals surface area (Å²) in [6.07, 6.45) is 5.54. The van der Waals surface area contributed by atoms with Crippen LogP contribution in [0.3, 0.4) is 0 Å². The number of rotatable bonds is 5. The van der Waals surface area contributed by atoms with Crippen LogP contribution in [-0.4, -0.2) is 17.4 Å². The Labute approximate surface area is 105 Å². The lowest BCUT2D eigenvalue weighted by molar-refractivity contribution is -0.384. The van der Waals surface area contributed by atoms with Crippen molar-refractivity contribution in [1.29, 1.82) is 0 Å². The lowest BCUT2D eigenvalue weighted by atomic mass is 10.00. The maximum absolute atomic E-state index is 11.7. The number of carbonyl (C=O) groups is 1. The zero-order valence-electron chi connectivity index (χ0n) is 10.1. The van der Waals surface area contributed by atoms with Crippen molar-refractivity contribution in [2.45, 2.75) is 19.3 Å². The third-order valence-electron chi connectivity index (χ3n) is 2.54. The standard InChI is InChI=1S/C13H14N2O3/c1-3-4-8-14-13(16)10(2)11-6-5-7-12(9-11)15(17)18/h1,5-7,9-10H,4,8H2,2H3,(H,14,16). The van der Waals surface area contributed by atoms with Crippen LogP contribution in [0.4, 0.5) is 5.69 Å². The Hall–Kier alpha value is -2.35. The Morgan fingerprint density at radius 3 is 2.94 bits per heavy atom. The Morgan fingerprint density at radius 1 is 1.61 bits per heavy atom. The van der Waals surface area contributed by atoms with Gasteiger partial charge in [0.1, 0.15) is 0 Å². The van der Waals surface area contributed by atoms with Crippen LogP contribution in [0, 0.1) is 22.5 Å². The zero-order chi connectivity index (χ0) is 13.5. The Bertz CT molecular complexity index is 491. The first-order valence-corrected chi connectivity index (χ1v) is 5.51. The molecular weight excluding hydrogens is 232 g/mol. The van der Waals surface area contributed by atoms with Crippen molar-refractivity contribution in [1.82, 2.24) is 5.32 Å². The summed E-state index contributed by atoms with van der Waals surface area (Å²) in [6, 6.07) is 6.06. The van der Waals surface area contributed by atoms with Gasteiger partial charge in [-0.05, 0) is 12.5 Å². The minimum Gasteiger partial charge on any atom is -0.355 e. The lowest BCUT2D eigenvalue weighted by Crippen LogP contribution is -2.28. The van der Waals surface area contributed by atoms with Crippen LogP contribution < -0.4 is 5.32 Å². The molecule has 1 unspecified atom stereocenters. The normalized spacial score (nSPS) is 11.3. The lowest BCUT2D eigenvalue weighted by Gasteiger charge is -2.11. The summed E-state index contributed by atoms with van der Waals surface area (Å²) >= 11 is 0. The Kier molecular flexibility index (Phi) is 4.88. The number of benzene rings is 1. The molecule has 1 rings (SSSR count). The van der Waals surface area contributed by atoms with Gasteiger partial charge in [0, 0.05) is 25.1 Å². The van der Waals surface area contributed by atoms with Gasteiger partial charge in [-0.15, -0.1) is 12.3 Å². The van der Waals surface area contributed by atoms with Gasteiger partial charge in [0.2, 0.25) is 5.91 Å². The van der Waals surface area contributed by atoms with Crippen LogP contribution in [0.1, 0.15) is 24.8 Å². The minimum atomic E-state index is -0.480. The highest BCUT2D eigenvalue weighted by Gasteiger charge is 2.17. The Balaban J connectivity index is 2.74. The molecule has 0 aliphatic rings. The highest BCUT2D eigenvalue weighted by molar-refractivity contribution is 5.83. The van der Waals surface area contributed by atoms with E-state index in [9.17, 15) is 14.9 Å². The summed E-state index contributed by atoms with van der Waals surface area (Å²) in [6.45, 7) is 2.11. The third kappa shape index (κ3) is 3.59. The molecule has 0 saturated heterocycles. The van der Waals surface area contributed by atoms with E-state index >= 15 is 0 Å². The second-order valence-corrected chi connectivity index (χ2v) is 3.82. The number of nitrogens with zero attached hydrogens (tertiary/aromatic N) is 1. The van der Waals surface area contributed by atoms with Crippen LogP contribution in [0.15, 0.2) is 24.3 Å². The molecule has 0 aliphatic carbocycles. The van der Waals surface area contributed by atoms with E-state index in [1.54, 1.807) is 19.1 Å². The molecule has 0 radical (unpaired) electrons. The van der Waals surface area contributed by atoms with Crippen LogP contribution >= 0.6 is 0 Å². The minimum absolute atomic E-state index is 0.0178. The summed E-state index contributed by atoms with van der Waals surface area (Å²) in [4.78, 5) is 21.9. The number of nitrogens with one attached hydrogen (secondary N) is 1. The van der Waals surface area contributed by atoms with E-state index in [1.807, 2.05) is 0 Å². The van der Waals surface area contributed by atoms with Gasteiger partial charge in [0.25, 0.3) is 5.69 Å². The molecule has 0 fully saturated rings. The molecule has 0 aromatic heterocycles. The second-order valence-electron chi connectivity index (χ2n) is 3.82. The zero-order valence-corrected chi connectivity index (χ0v) is 10.1. The van der Waals surface area contributed by atoms with Crippen molar-refractivity contribution < 1.29 is 9.72 Å². The van der Waals surface area contributed by atoms with Crippen molar-refractivity contribution >= 4 is 11.6 Å². The molecule has 1 atom stereocenters. The molecular formula is C13H14N2O3. The van der Waals surface area contributed by atoms with Crippen molar-refractivity contribution in [3.05, 3.63) is 39.9 Å². The maximum atomic E-state index is 11.7. The first-order valence-electron chi connectivity index (χ1n) is 5.51. The maximum Gasteiger partial charge on any atom is 0.269 e. The predicted octanol–water partition coefficient (Wildman–Crippen LogP) is 1.84. The van der Waals surface area contributed by atoms with Gasteiger partial charge >= 0.3 is 0 Å². The highest BCUT2D eigenvalue weighted by Crippen LogP contribution is 2.20. The fourth-order valence-electron chi connectivity index (χ4n) is 1.47. The number of hydrogen-bond acceptors (Lipinski definition) is 3. The number of nitro benzene ring substituents is 1. The largest absolute Gasteiger partial charge is 0.355 e. The number of carbonyl (C=O) groups excluding carboxylic acids is 1. The smallest absolute Gasteiger partial charge is 0.269 e. The van der Waals surface area contributed by atoms with Gasteiger partial charge in [-0.2, -0.15) is 0 Å². The van der Waals surface area contributed by atoms with Crippen molar-refractivity contribution in [2.24, 2.45) is 0 Å². The SMILES string of the molecule is C#CCCNC(=O)C(C)c1cccc([N+](=O)[O-])c1. The van der Waals surface area contributed by atoms with E-state index in [1.165, 1.54) is 12.1 Å². The molecule has 0 spiro atoms. The number of non-ortho nitro benzene ring substituents is 1. The van der Waals surface area contributed by atoms with Crippen molar-refractivity contribution in [2.75, 3.05) is 6.54 Å². The quantitative estimate of drug-likeness (QED) is 0.373. The number of terminal acetylenes is 1. The van der Waals surface area contributed by atoms with Gasteiger partial charge in [0.15, 0.2) is 0 Å². The van der Waals surface area contributed by atoms with E-state index in [2.05, 4.69) is 11.2 Å². The van der Waals surface area contributed by atoms with Gasteiger partial charge < -0.3 is 5.32 Å². The van der Waals surface area contributed by atoms with Gasteiger partial charge in [-0.1, -0.05) is 12.1 Å². The van der Waals surface area contributed by atoms with Gasteiger partial charge in [-0.3, -0.25) is 14.9 Å². The molecule has 1 aromatic rings. The van der Waals surface area contributed by atoms with Crippen LogP contribution in [0.5, 0.6) is 0 Å². The fraction of sp³-hybridized carbons (Fsp3) is 0.308. The molecule has 0 bridgehead atoms. The molecule has 0 saturated carbocycles. The molecule has 1 N–H and O–H groups in total.